The van der Waals surface area contributed by atoms with Gasteiger partial charge in [-0.05, 0) is 39.5 Å². The molecule has 19 heavy (non-hydrogen) atoms. The van der Waals surface area contributed by atoms with Crippen molar-refractivity contribution in [2.75, 3.05) is 19.6 Å². The van der Waals surface area contributed by atoms with Crippen LogP contribution in [0.5, 0.6) is 0 Å². The molecule has 1 aliphatic rings. The molecule has 1 heterocycles. The standard InChI is InChI=1S/C12H21F3N2O2/c1-11(2,3)19-10(18)16-7-9-5-4-6-17(8-9)12(13,14)15/h9H,4-8H2,1-3H3,(H,16,18)/t9-/m1/s1. The number of nitrogens with zero attached hydrogens (tertiary/aromatic N) is 1. The number of hydrogen-bond acceptors (Lipinski definition) is 3. The zero-order valence-electron chi connectivity index (χ0n) is 11.5. The van der Waals surface area contributed by atoms with Crippen LogP contribution in [0.1, 0.15) is 33.6 Å². The number of alkyl carbamates (subject to hydrolysis) is 1. The molecule has 0 unspecified atom stereocenters. The van der Waals surface area contributed by atoms with E-state index < -0.39 is 18.0 Å². The van der Waals surface area contributed by atoms with E-state index in [2.05, 4.69) is 5.32 Å². The summed E-state index contributed by atoms with van der Waals surface area (Å²) in [4.78, 5) is 11.9. The highest BCUT2D eigenvalue weighted by molar-refractivity contribution is 5.67. The lowest BCUT2D eigenvalue weighted by molar-refractivity contribution is -0.253. The molecule has 1 aliphatic heterocycles. The summed E-state index contributed by atoms with van der Waals surface area (Å²) in [6.45, 7) is 5.38. The van der Waals surface area contributed by atoms with Crippen molar-refractivity contribution >= 4 is 6.09 Å². The smallest absolute Gasteiger partial charge is 0.444 e. The summed E-state index contributed by atoms with van der Waals surface area (Å²) in [6, 6.07) is 0. The molecule has 0 radical (unpaired) electrons. The molecule has 1 atom stereocenters. The van der Waals surface area contributed by atoms with Gasteiger partial charge in [0.2, 0.25) is 0 Å². The van der Waals surface area contributed by atoms with Gasteiger partial charge in [-0.25, -0.2) is 9.69 Å². The average Bonchev–Trinajstić information content (AvgIpc) is 2.23. The van der Waals surface area contributed by atoms with Crippen molar-refractivity contribution in [3.05, 3.63) is 0 Å². The van der Waals surface area contributed by atoms with Gasteiger partial charge < -0.3 is 10.1 Å². The lowest BCUT2D eigenvalue weighted by Crippen LogP contribution is -2.47. The molecule has 112 valence electrons. The van der Waals surface area contributed by atoms with Gasteiger partial charge in [0.15, 0.2) is 0 Å². The van der Waals surface area contributed by atoms with E-state index in [-0.39, 0.29) is 25.6 Å². The fourth-order valence-electron chi connectivity index (χ4n) is 2.00. The van der Waals surface area contributed by atoms with Gasteiger partial charge in [0.1, 0.15) is 5.60 Å². The number of carbonyl (C=O) groups is 1. The highest BCUT2D eigenvalue weighted by atomic mass is 19.4. The van der Waals surface area contributed by atoms with Crippen LogP contribution >= 0.6 is 0 Å². The van der Waals surface area contributed by atoms with Crippen LogP contribution in [0.25, 0.3) is 0 Å². The first-order valence-electron chi connectivity index (χ1n) is 6.36. The summed E-state index contributed by atoms with van der Waals surface area (Å²) in [7, 11) is 0. The zero-order chi connectivity index (χ0) is 14.7. The van der Waals surface area contributed by atoms with E-state index in [4.69, 9.17) is 4.74 Å². The van der Waals surface area contributed by atoms with E-state index in [1.165, 1.54) is 0 Å². The molecule has 4 nitrogen and oxygen atoms in total. The predicted molar refractivity (Wildman–Crippen MR) is 64.6 cm³/mol. The van der Waals surface area contributed by atoms with E-state index in [1.807, 2.05) is 0 Å². The number of piperidine rings is 1. The van der Waals surface area contributed by atoms with Gasteiger partial charge >= 0.3 is 12.4 Å². The van der Waals surface area contributed by atoms with Gasteiger partial charge in [0, 0.05) is 19.6 Å². The Balaban J connectivity index is 2.35. The van der Waals surface area contributed by atoms with Crippen LogP contribution < -0.4 is 5.32 Å². The number of halogens is 3. The number of ether oxygens (including phenoxy) is 1. The SMILES string of the molecule is CC(C)(C)OC(=O)NC[C@H]1CCCN(C(F)(F)F)C1. The summed E-state index contributed by atoms with van der Waals surface area (Å²) in [5, 5.41) is 2.53. The maximum atomic E-state index is 12.5. The first-order valence-corrected chi connectivity index (χ1v) is 6.36. The number of likely N-dealkylation sites (tertiary alicyclic amines) is 1. The van der Waals surface area contributed by atoms with Crippen molar-refractivity contribution in [3.63, 3.8) is 0 Å². The van der Waals surface area contributed by atoms with Crippen molar-refractivity contribution in [2.24, 2.45) is 5.92 Å². The van der Waals surface area contributed by atoms with E-state index in [0.29, 0.717) is 17.7 Å². The Morgan fingerprint density at radius 2 is 2.00 bits per heavy atom. The van der Waals surface area contributed by atoms with E-state index in [1.54, 1.807) is 20.8 Å². The van der Waals surface area contributed by atoms with Crippen LogP contribution in [0, 0.1) is 5.92 Å². The molecular weight excluding hydrogens is 261 g/mol. The minimum absolute atomic E-state index is 0.0342. The Bertz CT molecular complexity index is 313. The third-order valence-corrected chi connectivity index (χ3v) is 2.81. The Labute approximate surface area is 111 Å². The van der Waals surface area contributed by atoms with Gasteiger partial charge in [-0.2, -0.15) is 13.2 Å². The van der Waals surface area contributed by atoms with Crippen LogP contribution in [0.3, 0.4) is 0 Å². The van der Waals surface area contributed by atoms with Crippen LogP contribution in [-0.2, 0) is 4.74 Å². The number of alkyl halides is 3. The third-order valence-electron chi connectivity index (χ3n) is 2.81. The van der Waals surface area contributed by atoms with Gasteiger partial charge in [-0.1, -0.05) is 0 Å². The Morgan fingerprint density at radius 1 is 1.37 bits per heavy atom. The van der Waals surface area contributed by atoms with Crippen molar-refractivity contribution in [1.82, 2.24) is 10.2 Å². The second-order valence-corrected chi connectivity index (χ2v) is 5.80. The fourth-order valence-corrected chi connectivity index (χ4v) is 2.00. The minimum atomic E-state index is -4.29. The Hall–Kier alpha value is -0.980. The molecule has 1 amide bonds. The molecule has 0 aromatic carbocycles. The van der Waals surface area contributed by atoms with Gasteiger partial charge in [-0.15, -0.1) is 0 Å². The topological polar surface area (TPSA) is 41.6 Å². The molecule has 0 aromatic rings. The highest BCUT2D eigenvalue weighted by Crippen LogP contribution is 2.27. The fraction of sp³-hybridized carbons (Fsp3) is 0.917. The van der Waals surface area contributed by atoms with Crippen molar-refractivity contribution in [1.29, 1.82) is 0 Å². The molecule has 1 rings (SSSR count). The molecule has 0 aromatic heterocycles. The summed E-state index contributed by atoms with van der Waals surface area (Å²) in [5.74, 6) is -0.192. The van der Waals surface area contributed by atoms with Gasteiger partial charge in [0.25, 0.3) is 0 Å². The van der Waals surface area contributed by atoms with Crippen molar-refractivity contribution in [2.45, 2.75) is 45.5 Å². The largest absolute Gasteiger partial charge is 0.459 e. The lowest BCUT2D eigenvalue weighted by Gasteiger charge is -2.33. The number of carbonyl (C=O) groups excluding carboxylic acids is 1. The average molecular weight is 282 g/mol. The molecule has 0 spiro atoms. The number of rotatable bonds is 2. The summed E-state index contributed by atoms with van der Waals surface area (Å²) >= 11 is 0. The van der Waals surface area contributed by atoms with Gasteiger partial charge in [-0.3, -0.25) is 0 Å². The first-order chi connectivity index (χ1) is 8.58. The van der Waals surface area contributed by atoms with Crippen LogP contribution in [-0.4, -0.2) is 42.5 Å². The maximum absolute atomic E-state index is 12.5. The van der Waals surface area contributed by atoms with E-state index in [0.717, 1.165) is 0 Å². The third kappa shape index (κ3) is 6.13. The molecule has 1 N–H and O–H groups in total. The quantitative estimate of drug-likeness (QED) is 0.792. The molecule has 0 bridgehead atoms. The first kappa shape index (κ1) is 16.1. The number of hydrogen-bond donors (Lipinski definition) is 1. The Kier molecular flexibility index (Phi) is 5.06. The van der Waals surface area contributed by atoms with Gasteiger partial charge in [0.05, 0.1) is 0 Å². The number of nitrogens with one attached hydrogen (secondary N) is 1. The van der Waals surface area contributed by atoms with Crippen LogP contribution in [0.4, 0.5) is 18.0 Å². The lowest BCUT2D eigenvalue weighted by atomic mass is 9.98. The molecule has 0 aliphatic carbocycles. The molecular formula is C12H21F3N2O2. The second-order valence-electron chi connectivity index (χ2n) is 5.80. The molecule has 1 fully saturated rings. The van der Waals surface area contributed by atoms with Crippen LogP contribution in [0.2, 0.25) is 0 Å². The summed E-state index contributed by atoms with van der Waals surface area (Å²) in [6.07, 6.45) is -3.70. The molecule has 7 heteroatoms. The summed E-state index contributed by atoms with van der Waals surface area (Å²) in [5.41, 5.74) is -0.603. The monoisotopic (exact) mass is 282 g/mol. The number of amides is 1. The summed E-state index contributed by atoms with van der Waals surface area (Å²) < 4.78 is 42.7. The maximum Gasteiger partial charge on any atom is 0.459 e. The minimum Gasteiger partial charge on any atom is -0.444 e. The van der Waals surface area contributed by atoms with Crippen molar-refractivity contribution in [3.8, 4) is 0 Å². The van der Waals surface area contributed by atoms with Crippen LogP contribution in [0.15, 0.2) is 0 Å². The zero-order valence-corrected chi connectivity index (χ0v) is 11.5. The Morgan fingerprint density at radius 3 is 2.53 bits per heavy atom. The molecule has 1 saturated heterocycles. The second kappa shape index (κ2) is 5.98. The normalized spacial score (nSPS) is 22.1. The molecule has 0 saturated carbocycles. The highest BCUT2D eigenvalue weighted by Gasteiger charge is 2.39. The van der Waals surface area contributed by atoms with E-state index >= 15 is 0 Å². The van der Waals surface area contributed by atoms with Crippen molar-refractivity contribution < 1.29 is 22.7 Å². The van der Waals surface area contributed by atoms with E-state index in [9.17, 15) is 18.0 Å². The predicted octanol–water partition coefficient (Wildman–Crippen LogP) is 2.74.